The van der Waals surface area contributed by atoms with E-state index in [2.05, 4.69) is 12.1 Å². The molecule has 1 saturated heterocycles. The minimum atomic E-state index is -0.468. The van der Waals surface area contributed by atoms with Crippen molar-refractivity contribution >= 4 is 34.9 Å². The second-order valence-electron chi connectivity index (χ2n) is 9.29. The highest BCUT2D eigenvalue weighted by Crippen LogP contribution is 2.35. The number of aryl methyl sites for hydroxylation is 1. The van der Waals surface area contributed by atoms with Gasteiger partial charge in [0.2, 0.25) is 5.91 Å². The van der Waals surface area contributed by atoms with E-state index in [-0.39, 0.29) is 17.4 Å². The van der Waals surface area contributed by atoms with Crippen LogP contribution in [0.4, 0.5) is 4.79 Å². The molecule has 3 aromatic carbocycles. The monoisotopic (exact) mass is 528 g/mol. The zero-order chi connectivity index (χ0) is 26.6. The van der Waals surface area contributed by atoms with Gasteiger partial charge < -0.3 is 14.4 Å². The van der Waals surface area contributed by atoms with E-state index in [4.69, 9.17) is 9.47 Å². The summed E-state index contributed by atoms with van der Waals surface area (Å²) < 4.78 is 11.5. The number of imide groups is 1. The van der Waals surface area contributed by atoms with Gasteiger partial charge in [0, 0.05) is 13.1 Å². The number of benzene rings is 3. The molecule has 194 valence electrons. The van der Waals surface area contributed by atoms with E-state index in [1.54, 1.807) is 36.3 Å². The summed E-state index contributed by atoms with van der Waals surface area (Å²) in [7, 11) is 1.55. The van der Waals surface area contributed by atoms with Crippen molar-refractivity contribution < 1.29 is 23.9 Å². The average Bonchev–Trinajstić information content (AvgIpc) is 3.19. The largest absolute Gasteiger partial charge is 0.493 e. The van der Waals surface area contributed by atoms with Gasteiger partial charge in [0.05, 0.1) is 12.0 Å². The molecule has 5 rings (SSSR count). The van der Waals surface area contributed by atoms with Crippen LogP contribution in [0, 0.1) is 6.92 Å². The first-order chi connectivity index (χ1) is 18.4. The average molecular weight is 529 g/mol. The maximum atomic E-state index is 13.0. The molecule has 1 fully saturated rings. The van der Waals surface area contributed by atoms with Gasteiger partial charge in [-0.1, -0.05) is 60.2 Å². The van der Waals surface area contributed by atoms with Crippen LogP contribution in [0.2, 0.25) is 0 Å². The highest BCUT2D eigenvalue weighted by Gasteiger charge is 2.37. The van der Waals surface area contributed by atoms with Crippen molar-refractivity contribution in [2.24, 2.45) is 0 Å². The lowest BCUT2D eigenvalue weighted by Gasteiger charge is -2.29. The van der Waals surface area contributed by atoms with E-state index >= 15 is 0 Å². The summed E-state index contributed by atoms with van der Waals surface area (Å²) in [5.74, 6) is 0.392. The second kappa shape index (κ2) is 11.1. The number of carbonyl (C=O) groups is 3. The molecular weight excluding hydrogens is 500 g/mol. The molecule has 0 N–H and O–H groups in total. The van der Waals surface area contributed by atoms with E-state index in [1.165, 1.54) is 5.56 Å². The summed E-state index contributed by atoms with van der Waals surface area (Å²) in [4.78, 5) is 41.6. The van der Waals surface area contributed by atoms with Gasteiger partial charge in [-0.25, -0.2) is 0 Å². The fourth-order valence-electron chi connectivity index (χ4n) is 4.59. The molecule has 0 atom stereocenters. The minimum absolute atomic E-state index is 0.236. The third-order valence-electron chi connectivity index (χ3n) is 6.61. The predicted octanol–water partition coefficient (Wildman–Crippen LogP) is 5.20. The fraction of sp³-hybridized carbons (Fsp3) is 0.233. The number of thioether (sulfide) groups is 1. The molecule has 2 aliphatic rings. The lowest BCUT2D eigenvalue weighted by atomic mass is 10.00. The van der Waals surface area contributed by atoms with E-state index in [1.807, 2.05) is 43.3 Å². The van der Waals surface area contributed by atoms with E-state index in [0.717, 1.165) is 39.8 Å². The first kappa shape index (κ1) is 25.6. The maximum absolute atomic E-state index is 13.0. The molecule has 0 spiro atoms. The van der Waals surface area contributed by atoms with Gasteiger partial charge >= 0.3 is 0 Å². The number of amides is 3. The topological polar surface area (TPSA) is 76.2 Å². The molecule has 7 nitrogen and oxygen atoms in total. The predicted molar refractivity (Wildman–Crippen MR) is 147 cm³/mol. The van der Waals surface area contributed by atoms with Crippen LogP contribution >= 0.6 is 11.8 Å². The number of hydrogen-bond acceptors (Lipinski definition) is 6. The van der Waals surface area contributed by atoms with Crippen LogP contribution in [0.5, 0.6) is 11.5 Å². The molecule has 8 heteroatoms. The van der Waals surface area contributed by atoms with Gasteiger partial charge in [-0.15, -0.1) is 0 Å². The molecule has 0 saturated carbocycles. The molecule has 38 heavy (non-hydrogen) atoms. The summed E-state index contributed by atoms with van der Waals surface area (Å²) in [6.45, 7) is 3.22. The van der Waals surface area contributed by atoms with E-state index in [0.29, 0.717) is 36.8 Å². The Kier molecular flexibility index (Phi) is 7.51. The van der Waals surface area contributed by atoms with Gasteiger partial charge in [0.1, 0.15) is 13.2 Å². The number of methoxy groups -OCH3 is 1. The Morgan fingerprint density at radius 2 is 1.82 bits per heavy atom. The lowest BCUT2D eigenvalue weighted by molar-refractivity contribution is -0.136. The van der Waals surface area contributed by atoms with Crippen molar-refractivity contribution in [1.82, 2.24) is 9.80 Å². The Balaban J connectivity index is 1.25. The summed E-state index contributed by atoms with van der Waals surface area (Å²) in [6, 6.07) is 21.4. The van der Waals surface area contributed by atoms with E-state index in [9.17, 15) is 14.4 Å². The van der Waals surface area contributed by atoms with Crippen molar-refractivity contribution in [2.75, 3.05) is 20.2 Å². The molecule has 0 unspecified atom stereocenters. The number of ether oxygens (including phenoxy) is 2. The van der Waals surface area contributed by atoms with Gasteiger partial charge in [-0.2, -0.15) is 0 Å². The zero-order valence-corrected chi connectivity index (χ0v) is 22.1. The lowest BCUT2D eigenvalue weighted by Crippen LogP contribution is -2.44. The Morgan fingerprint density at radius 3 is 2.61 bits per heavy atom. The highest BCUT2D eigenvalue weighted by molar-refractivity contribution is 8.18. The van der Waals surface area contributed by atoms with Crippen molar-refractivity contribution in [3.63, 3.8) is 0 Å². The molecule has 0 aromatic heterocycles. The zero-order valence-electron chi connectivity index (χ0n) is 21.3. The van der Waals surface area contributed by atoms with Crippen molar-refractivity contribution in [2.45, 2.75) is 26.5 Å². The van der Waals surface area contributed by atoms with Crippen molar-refractivity contribution in [3.05, 3.63) is 99.5 Å². The summed E-state index contributed by atoms with van der Waals surface area (Å²) in [6.07, 6.45) is 2.40. The molecule has 0 radical (unpaired) electrons. The quantitative estimate of drug-likeness (QED) is 0.392. The van der Waals surface area contributed by atoms with Crippen LogP contribution in [-0.4, -0.2) is 47.1 Å². The third kappa shape index (κ3) is 5.60. The molecule has 2 aliphatic heterocycles. The Morgan fingerprint density at radius 1 is 1.00 bits per heavy atom. The number of fused-ring (bicyclic) bond motifs is 1. The van der Waals surface area contributed by atoms with Crippen molar-refractivity contribution in [1.29, 1.82) is 0 Å². The highest BCUT2D eigenvalue weighted by atomic mass is 32.2. The standard InChI is InChI=1S/C30H28N2O5S/c1-20-6-5-7-22(14-20)19-37-25-11-10-21(15-26(25)36-2)16-27-29(34)32(30(35)38-27)18-28(33)31-13-12-23-8-3-4-9-24(23)17-31/h3-11,14-16H,12-13,17-19H2,1-2H3/b27-16-. The molecule has 3 amide bonds. The van der Waals surface area contributed by atoms with Crippen LogP contribution in [0.3, 0.4) is 0 Å². The Bertz CT molecular complexity index is 1430. The Hall–Kier alpha value is -4.04. The number of rotatable bonds is 7. The van der Waals surface area contributed by atoms with Gasteiger partial charge in [0.15, 0.2) is 11.5 Å². The number of hydrogen-bond donors (Lipinski definition) is 0. The van der Waals surface area contributed by atoms with Crippen LogP contribution in [0.15, 0.2) is 71.6 Å². The van der Waals surface area contributed by atoms with Gasteiger partial charge in [-0.05, 0) is 65.6 Å². The van der Waals surface area contributed by atoms with Crippen molar-refractivity contribution in [3.8, 4) is 11.5 Å². The second-order valence-corrected chi connectivity index (χ2v) is 10.3. The maximum Gasteiger partial charge on any atom is 0.294 e. The van der Waals surface area contributed by atoms with Crippen LogP contribution in [-0.2, 0) is 29.2 Å². The number of nitrogens with zero attached hydrogens (tertiary/aromatic N) is 2. The minimum Gasteiger partial charge on any atom is -0.493 e. The first-order valence-corrected chi connectivity index (χ1v) is 13.2. The summed E-state index contributed by atoms with van der Waals surface area (Å²) >= 11 is 0.836. The van der Waals surface area contributed by atoms with E-state index < -0.39 is 11.1 Å². The van der Waals surface area contributed by atoms with Gasteiger partial charge in [0.25, 0.3) is 11.1 Å². The molecule has 0 aliphatic carbocycles. The fourth-order valence-corrected chi connectivity index (χ4v) is 5.43. The van der Waals surface area contributed by atoms with Crippen LogP contribution in [0.1, 0.15) is 27.8 Å². The van der Waals surface area contributed by atoms with Crippen LogP contribution in [0.25, 0.3) is 6.08 Å². The van der Waals surface area contributed by atoms with Crippen LogP contribution < -0.4 is 9.47 Å². The smallest absolute Gasteiger partial charge is 0.294 e. The first-order valence-electron chi connectivity index (χ1n) is 12.4. The summed E-state index contributed by atoms with van der Waals surface area (Å²) in [5, 5.41) is -0.447. The summed E-state index contributed by atoms with van der Waals surface area (Å²) in [5.41, 5.74) is 5.22. The Labute approximate surface area is 226 Å². The SMILES string of the molecule is COc1cc(/C=C2\SC(=O)N(CC(=O)N3CCc4ccccc4C3)C2=O)ccc1OCc1cccc(C)c1. The van der Waals surface area contributed by atoms with Gasteiger partial charge in [-0.3, -0.25) is 19.3 Å². The number of carbonyl (C=O) groups excluding carboxylic acids is 3. The molecule has 2 heterocycles. The molecular formula is C30H28N2O5S. The normalized spacial score (nSPS) is 16.1. The molecule has 0 bridgehead atoms. The molecule has 3 aromatic rings. The third-order valence-corrected chi connectivity index (χ3v) is 7.52.